The number of piperidine rings is 1. The first-order valence-corrected chi connectivity index (χ1v) is 18.1. The number of nitrogens with zero attached hydrogens (tertiary/aromatic N) is 3. The van der Waals surface area contributed by atoms with Crippen molar-refractivity contribution in [3.05, 3.63) is 45.8 Å². The molecular weight excluding hydrogens is 565 g/mol. The van der Waals surface area contributed by atoms with E-state index in [-0.39, 0.29) is 0 Å². The van der Waals surface area contributed by atoms with E-state index in [1.165, 1.54) is 81.6 Å². The van der Waals surface area contributed by atoms with Gasteiger partial charge in [0, 0.05) is 48.4 Å². The van der Waals surface area contributed by atoms with E-state index in [0.29, 0.717) is 29.8 Å². The molecule has 6 nitrogen and oxygen atoms in total. The summed E-state index contributed by atoms with van der Waals surface area (Å²) in [5.41, 5.74) is 5.90. The third kappa shape index (κ3) is 5.64. The number of likely N-dealkylation sites (tertiary alicyclic amines) is 2. The monoisotopic (exact) mass is 614 g/mol. The first-order valence-electron chi connectivity index (χ1n) is 17.2. The lowest BCUT2D eigenvalue weighted by Crippen LogP contribution is -2.45. The number of nitrogens with one attached hydrogen (secondary N) is 1. The Morgan fingerprint density at radius 1 is 0.886 bits per heavy atom. The van der Waals surface area contributed by atoms with Gasteiger partial charge in [-0.1, -0.05) is 17.2 Å². The number of benzene rings is 1. The lowest BCUT2D eigenvalue weighted by molar-refractivity contribution is -0.137. The van der Waals surface area contributed by atoms with Gasteiger partial charge >= 0.3 is 0 Å². The van der Waals surface area contributed by atoms with Crippen LogP contribution >= 0.6 is 11.3 Å². The van der Waals surface area contributed by atoms with Gasteiger partial charge in [0.1, 0.15) is 4.83 Å². The highest BCUT2D eigenvalue weighted by atomic mass is 32.1. The standard InChI is InChI=1S/C37H50N4O2S/c1-24-19-25(2)21-27(20-24)34-30(13-18-39-16-11-26(12-17-39)22-33(42)40-14-5-6-15-40)31-23-32(44-35(31)38-34)37(3,4)36(43)41-28-7-8-29(41)10-9-28/h19-21,23,26,28-29,38H,5-18,22H2,1-4H3. The second kappa shape index (κ2) is 11.9. The molecule has 2 bridgehead atoms. The van der Waals surface area contributed by atoms with Crippen LogP contribution in [0.5, 0.6) is 0 Å². The molecule has 0 radical (unpaired) electrons. The van der Waals surface area contributed by atoms with Crippen LogP contribution in [-0.2, 0) is 21.4 Å². The molecule has 4 saturated heterocycles. The van der Waals surface area contributed by atoms with E-state index >= 15 is 0 Å². The minimum atomic E-state index is -0.526. The predicted molar refractivity (Wildman–Crippen MR) is 180 cm³/mol. The van der Waals surface area contributed by atoms with Gasteiger partial charge in [-0.05, 0) is 134 Å². The van der Waals surface area contributed by atoms with E-state index in [1.54, 1.807) is 11.3 Å². The maximum absolute atomic E-state index is 14.0. The number of hydrogen-bond donors (Lipinski definition) is 1. The number of thiophene rings is 1. The van der Waals surface area contributed by atoms with E-state index in [4.69, 9.17) is 0 Å². The molecule has 4 aliphatic rings. The first-order chi connectivity index (χ1) is 21.2. The lowest BCUT2D eigenvalue weighted by atomic mass is 9.88. The normalized spacial score (nSPS) is 23.0. The summed E-state index contributed by atoms with van der Waals surface area (Å²) in [7, 11) is 0. The molecule has 0 atom stereocenters. The third-order valence-corrected chi connectivity index (χ3v) is 12.6. The Kier molecular flexibility index (Phi) is 8.15. The summed E-state index contributed by atoms with van der Waals surface area (Å²) < 4.78 is 0. The Labute approximate surface area is 267 Å². The molecule has 236 valence electrons. The number of rotatable bonds is 8. The highest BCUT2D eigenvalue weighted by Crippen LogP contribution is 2.44. The highest BCUT2D eigenvalue weighted by molar-refractivity contribution is 7.19. The lowest BCUT2D eigenvalue weighted by Gasteiger charge is -2.32. The molecule has 0 saturated carbocycles. The molecular formula is C37H50N4O2S. The average Bonchev–Trinajstić information content (AvgIpc) is 3.83. The fourth-order valence-electron chi connectivity index (χ4n) is 8.66. The zero-order valence-electron chi connectivity index (χ0n) is 27.2. The Morgan fingerprint density at radius 3 is 2.16 bits per heavy atom. The van der Waals surface area contributed by atoms with Crippen LogP contribution in [0.15, 0.2) is 24.3 Å². The van der Waals surface area contributed by atoms with Gasteiger partial charge in [0.05, 0.1) is 11.1 Å². The quantitative estimate of drug-likeness (QED) is 0.292. The second-order valence-corrected chi connectivity index (χ2v) is 15.9. The topological polar surface area (TPSA) is 59.7 Å². The maximum Gasteiger partial charge on any atom is 0.233 e. The molecule has 7 heteroatoms. The van der Waals surface area contributed by atoms with Gasteiger partial charge < -0.3 is 19.7 Å². The summed E-state index contributed by atoms with van der Waals surface area (Å²) >= 11 is 1.78. The fourth-order valence-corrected chi connectivity index (χ4v) is 9.85. The molecule has 4 fully saturated rings. The van der Waals surface area contributed by atoms with E-state index in [2.05, 4.69) is 71.6 Å². The van der Waals surface area contributed by atoms with Gasteiger partial charge in [-0.25, -0.2) is 0 Å². The molecule has 2 amide bonds. The summed E-state index contributed by atoms with van der Waals surface area (Å²) in [6.07, 6.45) is 11.0. The van der Waals surface area contributed by atoms with Crippen molar-refractivity contribution in [3.8, 4) is 11.3 Å². The number of carbonyl (C=O) groups is 2. The molecule has 0 aliphatic carbocycles. The van der Waals surface area contributed by atoms with Crippen molar-refractivity contribution in [2.45, 2.75) is 109 Å². The van der Waals surface area contributed by atoms with Crippen LogP contribution in [0.4, 0.5) is 0 Å². The van der Waals surface area contributed by atoms with Crippen LogP contribution in [0.1, 0.15) is 93.2 Å². The van der Waals surface area contributed by atoms with E-state index in [9.17, 15) is 9.59 Å². The van der Waals surface area contributed by atoms with Crippen LogP contribution in [-0.4, -0.2) is 76.3 Å². The van der Waals surface area contributed by atoms with Crippen molar-refractivity contribution in [3.63, 3.8) is 0 Å². The van der Waals surface area contributed by atoms with Gasteiger partial charge in [0.25, 0.3) is 0 Å². The molecule has 3 aromatic rings. The molecule has 4 aliphatic heterocycles. The molecule has 44 heavy (non-hydrogen) atoms. The fraction of sp³-hybridized carbons (Fsp3) is 0.622. The Morgan fingerprint density at radius 2 is 1.52 bits per heavy atom. The maximum atomic E-state index is 14.0. The van der Waals surface area contributed by atoms with Crippen molar-refractivity contribution < 1.29 is 9.59 Å². The zero-order valence-corrected chi connectivity index (χ0v) is 28.0. The zero-order chi connectivity index (χ0) is 30.6. The summed E-state index contributed by atoms with van der Waals surface area (Å²) in [5.74, 6) is 1.21. The molecule has 6 heterocycles. The van der Waals surface area contributed by atoms with Gasteiger partial charge in [-0.3, -0.25) is 9.59 Å². The Hall–Kier alpha value is -2.64. The number of aryl methyl sites for hydroxylation is 2. The number of fused-ring (bicyclic) bond motifs is 3. The van der Waals surface area contributed by atoms with Gasteiger partial charge in [-0.15, -0.1) is 11.3 Å². The molecule has 7 rings (SSSR count). The summed E-state index contributed by atoms with van der Waals surface area (Å²) in [5, 5.41) is 1.29. The van der Waals surface area contributed by atoms with Crippen molar-refractivity contribution in [2.24, 2.45) is 5.92 Å². The predicted octanol–water partition coefficient (Wildman–Crippen LogP) is 7.21. The van der Waals surface area contributed by atoms with Crippen molar-refractivity contribution >= 4 is 33.4 Å². The summed E-state index contributed by atoms with van der Waals surface area (Å²) in [6.45, 7) is 13.7. The van der Waals surface area contributed by atoms with Crippen molar-refractivity contribution in [1.29, 1.82) is 0 Å². The average molecular weight is 615 g/mol. The number of amides is 2. The van der Waals surface area contributed by atoms with Crippen LogP contribution < -0.4 is 0 Å². The highest BCUT2D eigenvalue weighted by Gasteiger charge is 2.47. The number of aromatic amines is 1. The molecule has 1 N–H and O–H groups in total. The Bertz CT molecular complexity index is 1500. The number of H-pyrrole nitrogens is 1. The van der Waals surface area contributed by atoms with Gasteiger partial charge in [0.2, 0.25) is 11.8 Å². The Balaban J connectivity index is 1.10. The van der Waals surface area contributed by atoms with Gasteiger partial charge in [-0.2, -0.15) is 0 Å². The van der Waals surface area contributed by atoms with Crippen molar-refractivity contribution in [2.75, 3.05) is 32.7 Å². The van der Waals surface area contributed by atoms with E-state index in [0.717, 1.165) is 58.4 Å². The van der Waals surface area contributed by atoms with E-state index in [1.807, 2.05) is 0 Å². The van der Waals surface area contributed by atoms with Crippen LogP contribution in [0.3, 0.4) is 0 Å². The number of carbonyl (C=O) groups excluding carboxylic acids is 2. The minimum Gasteiger partial charge on any atom is -0.346 e. The summed E-state index contributed by atoms with van der Waals surface area (Å²) in [4.78, 5) is 39.8. The van der Waals surface area contributed by atoms with Crippen LogP contribution in [0.2, 0.25) is 0 Å². The van der Waals surface area contributed by atoms with Crippen LogP contribution in [0, 0.1) is 19.8 Å². The van der Waals surface area contributed by atoms with Gasteiger partial charge in [0.15, 0.2) is 0 Å². The molecule has 1 aromatic carbocycles. The number of aromatic nitrogens is 1. The third-order valence-electron chi connectivity index (χ3n) is 11.3. The minimum absolute atomic E-state index is 0.313. The first kappa shape index (κ1) is 30.0. The van der Waals surface area contributed by atoms with E-state index < -0.39 is 5.41 Å². The molecule has 0 unspecified atom stereocenters. The molecule has 0 spiro atoms. The second-order valence-electron chi connectivity index (χ2n) is 14.8. The largest absolute Gasteiger partial charge is 0.346 e. The SMILES string of the molecule is Cc1cc(C)cc(-c2[nH]c3sc(C(C)(C)C(=O)N4C5CCC4CC5)cc3c2CCN2CCC(CC(=O)N3CCCC3)CC2)c1. The van der Waals surface area contributed by atoms with Crippen LogP contribution in [0.25, 0.3) is 21.5 Å². The summed E-state index contributed by atoms with van der Waals surface area (Å²) in [6, 6.07) is 10.1. The smallest absolute Gasteiger partial charge is 0.233 e. The van der Waals surface area contributed by atoms with Crippen molar-refractivity contribution in [1.82, 2.24) is 19.7 Å². The molecule has 2 aromatic heterocycles. The number of hydrogen-bond acceptors (Lipinski definition) is 4.